The molecule has 0 aliphatic carbocycles. The summed E-state index contributed by atoms with van der Waals surface area (Å²) in [5, 5.41) is 19.2. The molecule has 2 nitrogen and oxygen atoms in total. The number of thiocarbonyl (C=S) groups is 2. The monoisotopic (exact) mass is 690 g/mol. The molecule has 0 saturated heterocycles. The van der Waals surface area contributed by atoms with Gasteiger partial charge in [0.05, 0.1) is 23.0 Å². The molecule has 0 N–H and O–H groups in total. The minimum Gasteiger partial charge on any atom is -0.198 e. The standard InChI is InChI=1S/2C17H31NS3/c2*1-3-5-6-7-8-9-10-11-13-17(14-18,12-4-2)15-21-16(19)20/h2*3-13,15H2,1-2H3,(H,19,20). The molecule has 0 aromatic heterocycles. The molecule has 244 valence electrons. The summed E-state index contributed by atoms with van der Waals surface area (Å²) in [7, 11) is 0. The first kappa shape index (κ1) is 44.7. The molecule has 42 heavy (non-hydrogen) atoms. The summed E-state index contributed by atoms with van der Waals surface area (Å²) in [4.78, 5) is 0. The maximum atomic E-state index is 9.59. The van der Waals surface area contributed by atoms with Crippen LogP contribution in [0.4, 0.5) is 0 Å². The van der Waals surface area contributed by atoms with E-state index >= 15 is 0 Å². The topological polar surface area (TPSA) is 47.6 Å². The van der Waals surface area contributed by atoms with E-state index < -0.39 is 0 Å². The van der Waals surface area contributed by atoms with Gasteiger partial charge in [0.2, 0.25) is 0 Å². The summed E-state index contributed by atoms with van der Waals surface area (Å²) in [6.45, 7) is 8.82. The third kappa shape index (κ3) is 26.9. The van der Waals surface area contributed by atoms with E-state index in [1.165, 1.54) is 103 Å². The molecule has 0 heterocycles. The third-order valence-corrected chi connectivity index (χ3v) is 11.3. The van der Waals surface area contributed by atoms with Crippen LogP contribution in [0.1, 0.15) is 169 Å². The number of hydrogen-bond donors (Lipinski definition) is 2. The molecule has 0 fully saturated rings. The Morgan fingerprint density at radius 2 is 0.786 bits per heavy atom. The number of hydrogen-bond acceptors (Lipinski definition) is 6. The summed E-state index contributed by atoms with van der Waals surface area (Å²) < 4.78 is 1.31. The maximum absolute atomic E-state index is 9.59. The second kappa shape index (κ2) is 31.5. The Kier molecular flexibility index (Phi) is 33.6. The molecule has 0 aliphatic heterocycles. The summed E-state index contributed by atoms with van der Waals surface area (Å²) >= 11 is 21.5. The van der Waals surface area contributed by atoms with Gasteiger partial charge in [-0.15, -0.1) is 48.8 Å². The van der Waals surface area contributed by atoms with Crippen molar-refractivity contribution in [3.63, 3.8) is 0 Å². The molecule has 0 aromatic carbocycles. The minimum absolute atomic E-state index is 0.200. The van der Waals surface area contributed by atoms with Crippen molar-refractivity contribution in [2.24, 2.45) is 10.8 Å². The minimum atomic E-state index is -0.200. The fourth-order valence-electron chi connectivity index (χ4n) is 5.38. The largest absolute Gasteiger partial charge is 0.198 e. The summed E-state index contributed by atoms with van der Waals surface area (Å²) in [6.07, 6.45) is 27.1. The van der Waals surface area contributed by atoms with E-state index in [-0.39, 0.29) is 10.8 Å². The van der Waals surface area contributed by atoms with Crippen molar-refractivity contribution in [2.75, 3.05) is 11.5 Å². The molecule has 8 heteroatoms. The summed E-state index contributed by atoms with van der Waals surface area (Å²) in [5.74, 6) is 1.60. The quantitative estimate of drug-likeness (QED) is 0.0535. The second-order valence-corrected chi connectivity index (χ2v) is 17.3. The molecular weight excluding hydrogens is 629 g/mol. The normalized spacial score (nSPS) is 13.6. The van der Waals surface area contributed by atoms with E-state index in [2.05, 4.69) is 65.1 Å². The zero-order chi connectivity index (χ0) is 32.0. The number of nitrogens with zero attached hydrogens (tertiary/aromatic N) is 2. The average molecular weight is 691 g/mol. The Morgan fingerprint density at radius 3 is 1.02 bits per heavy atom. The van der Waals surface area contributed by atoms with E-state index in [1.54, 1.807) is 23.5 Å². The molecular formula is C34H62N2S6. The van der Waals surface area contributed by atoms with Gasteiger partial charge in [0, 0.05) is 11.5 Å². The van der Waals surface area contributed by atoms with Crippen LogP contribution in [0.3, 0.4) is 0 Å². The van der Waals surface area contributed by atoms with Crippen molar-refractivity contribution >= 4 is 80.3 Å². The van der Waals surface area contributed by atoms with E-state index in [4.69, 9.17) is 24.4 Å². The first-order valence-electron chi connectivity index (χ1n) is 16.7. The highest BCUT2D eigenvalue weighted by Gasteiger charge is 2.29. The molecule has 0 aliphatic rings. The molecule has 0 amide bonds. The Bertz CT molecular complexity index is 685. The Hall–Kier alpha value is 0.560. The van der Waals surface area contributed by atoms with Gasteiger partial charge < -0.3 is 0 Å². The van der Waals surface area contributed by atoms with Crippen LogP contribution in [0.2, 0.25) is 0 Å². The van der Waals surface area contributed by atoms with Crippen LogP contribution in [0, 0.1) is 33.5 Å². The van der Waals surface area contributed by atoms with Crippen molar-refractivity contribution < 1.29 is 0 Å². The van der Waals surface area contributed by atoms with Gasteiger partial charge in [-0.2, -0.15) is 10.5 Å². The molecule has 0 aromatic rings. The van der Waals surface area contributed by atoms with Gasteiger partial charge in [0.1, 0.15) is 7.06 Å². The first-order chi connectivity index (χ1) is 20.2. The molecule has 0 spiro atoms. The molecule has 0 bridgehead atoms. The fourth-order valence-corrected chi connectivity index (χ4v) is 7.63. The van der Waals surface area contributed by atoms with Gasteiger partial charge in [-0.05, 0) is 25.7 Å². The van der Waals surface area contributed by atoms with E-state index in [0.717, 1.165) is 50.0 Å². The smallest absolute Gasteiger partial charge is 0.101 e. The lowest BCUT2D eigenvalue weighted by Crippen LogP contribution is -2.22. The lowest BCUT2D eigenvalue weighted by molar-refractivity contribution is 0.358. The van der Waals surface area contributed by atoms with Gasteiger partial charge in [-0.1, -0.05) is 168 Å². The van der Waals surface area contributed by atoms with E-state index in [0.29, 0.717) is 7.06 Å². The van der Waals surface area contributed by atoms with Gasteiger partial charge in [0.15, 0.2) is 0 Å². The fraction of sp³-hybridized carbons (Fsp3) is 0.882. The van der Waals surface area contributed by atoms with Crippen molar-refractivity contribution in [1.29, 1.82) is 10.5 Å². The predicted octanol–water partition coefficient (Wildman–Crippen LogP) is 13.6. The van der Waals surface area contributed by atoms with Crippen LogP contribution in [0.15, 0.2) is 0 Å². The van der Waals surface area contributed by atoms with Crippen LogP contribution in [-0.4, -0.2) is 18.6 Å². The number of thiol groups is 2. The number of unbranched alkanes of at least 4 members (excludes halogenated alkanes) is 14. The van der Waals surface area contributed by atoms with Gasteiger partial charge in [-0.25, -0.2) is 0 Å². The summed E-state index contributed by atoms with van der Waals surface area (Å²) in [6, 6.07) is 5.15. The van der Waals surface area contributed by atoms with Crippen LogP contribution in [0.5, 0.6) is 0 Å². The molecule has 2 unspecified atom stereocenters. The molecule has 0 rings (SSSR count). The van der Waals surface area contributed by atoms with Crippen LogP contribution in [0.25, 0.3) is 0 Å². The number of thioether (sulfide) groups is 2. The molecule has 2 atom stereocenters. The lowest BCUT2D eigenvalue weighted by Gasteiger charge is -2.25. The van der Waals surface area contributed by atoms with Crippen LogP contribution < -0.4 is 0 Å². The van der Waals surface area contributed by atoms with E-state index in [9.17, 15) is 10.5 Å². The van der Waals surface area contributed by atoms with Gasteiger partial charge >= 0.3 is 0 Å². The van der Waals surface area contributed by atoms with Crippen LogP contribution >= 0.6 is 73.2 Å². The van der Waals surface area contributed by atoms with Crippen LogP contribution in [-0.2, 0) is 0 Å². The predicted molar refractivity (Wildman–Crippen MR) is 208 cm³/mol. The second-order valence-electron chi connectivity index (χ2n) is 11.8. The van der Waals surface area contributed by atoms with Crippen molar-refractivity contribution in [2.45, 2.75) is 169 Å². The first-order valence-corrected chi connectivity index (χ1v) is 20.4. The molecule has 0 radical (unpaired) electrons. The zero-order valence-corrected chi connectivity index (χ0v) is 32.4. The highest BCUT2D eigenvalue weighted by atomic mass is 32.2. The Morgan fingerprint density at radius 1 is 0.500 bits per heavy atom. The number of rotatable bonds is 26. The van der Waals surface area contributed by atoms with Crippen molar-refractivity contribution in [3.8, 4) is 12.1 Å². The zero-order valence-electron chi connectivity index (χ0n) is 27.4. The van der Waals surface area contributed by atoms with Gasteiger partial charge in [0.25, 0.3) is 0 Å². The van der Waals surface area contributed by atoms with Gasteiger partial charge in [-0.3, -0.25) is 0 Å². The third-order valence-electron chi connectivity index (χ3n) is 7.89. The van der Waals surface area contributed by atoms with Crippen molar-refractivity contribution in [3.05, 3.63) is 0 Å². The number of nitriles is 2. The summed E-state index contributed by atoms with van der Waals surface area (Å²) in [5.41, 5.74) is -0.400. The molecule has 0 saturated carbocycles. The highest BCUT2D eigenvalue weighted by Crippen LogP contribution is 2.36. The lowest BCUT2D eigenvalue weighted by atomic mass is 9.82. The maximum Gasteiger partial charge on any atom is 0.101 e. The van der Waals surface area contributed by atoms with Crippen molar-refractivity contribution in [1.82, 2.24) is 0 Å². The Balaban J connectivity index is 0. The van der Waals surface area contributed by atoms with E-state index in [1.807, 2.05) is 0 Å². The SMILES string of the molecule is CCCCCCCCCCC(C#N)(CCC)CSC(=S)S.CCCCCCCCCCC(C#N)(CCC)CSC(=S)S. The average Bonchev–Trinajstić information content (AvgIpc) is 2.97. The highest BCUT2D eigenvalue weighted by molar-refractivity contribution is 8.42. The Labute approximate surface area is 292 Å².